The van der Waals surface area contributed by atoms with E-state index in [9.17, 15) is 13.6 Å². The Kier molecular flexibility index (Phi) is 5.79. The van der Waals surface area contributed by atoms with Crippen LogP contribution in [0.25, 0.3) is 10.8 Å². The number of benzene rings is 3. The Balaban J connectivity index is 1.48. The normalized spacial score (nSPS) is 11.0. The summed E-state index contributed by atoms with van der Waals surface area (Å²) in [6.07, 6.45) is 3.28. The number of carbonyl (C=O) groups is 1. The summed E-state index contributed by atoms with van der Waals surface area (Å²) in [4.78, 5) is 12.6. The van der Waals surface area contributed by atoms with Crippen LogP contribution < -0.4 is 14.8 Å². The second kappa shape index (κ2) is 8.83. The van der Waals surface area contributed by atoms with E-state index in [1.165, 1.54) is 25.3 Å². The summed E-state index contributed by atoms with van der Waals surface area (Å²) in [5.74, 6) is -0.525. The highest BCUT2D eigenvalue weighted by atomic mass is 19.3. The van der Waals surface area contributed by atoms with Crippen LogP contribution in [0.5, 0.6) is 11.5 Å². The first-order valence-electron chi connectivity index (χ1n) is 9.47. The maximum absolute atomic E-state index is 12.6. The third kappa shape index (κ3) is 4.63. The van der Waals surface area contributed by atoms with Gasteiger partial charge in [-0.05, 0) is 34.5 Å². The van der Waals surface area contributed by atoms with Crippen molar-refractivity contribution in [1.29, 1.82) is 0 Å². The molecule has 0 bridgehead atoms. The zero-order valence-electron chi connectivity index (χ0n) is 16.6. The summed E-state index contributed by atoms with van der Waals surface area (Å²) < 4.78 is 36.1. The number of methoxy groups -OCH3 is 1. The van der Waals surface area contributed by atoms with Crippen LogP contribution in [-0.4, -0.2) is 29.4 Å². The summed E-state index contributed by atoms with van der Waals surface area (Å²) >= 11 is 0. The van der Waals surface area contributed by atoms with Crippen molar-refractivity contribution in [3.05, 3.63) is 84.2 Å². The fraction of sp³-hybridized carbons (Fsp3) is 0.130. The van der Waals surface area contributed by atoms with E-state index in [2.05, 4.69) is 33.4 Å². The van der Waals surface area contributed by atoms with E-state index in [1.807, 2.05) is 24.3 Å². The zero-order valence-corrected chi connectivity index (χ0v) is 16.6. The Hall–Kier alpha value is -3.94. The van der Waals surface area contributed by atoms with E-state index in [0.717, 1.165) is 16.3 Å². The Labute approximate surface area is 177 Å². The van der Waals surface area contributed by atoms with Crippen LogP contribution in [0.1, 0.15) is 15.9 Å². The molecule has 4 aromatic rings. The lowest BCUT2D eigenvalue weighted by molar-refractivity contribution is -0.0512. The van der Waals surface area contributed by atoms with Gasteiger partial charge in [-0.25, -0.2) is 0 Å². The van der Waals surface area contributed by atoms with Crippen molar-refractivity contribution < 1.29 is 23.0 Å². The Morgan fingerprint density at radius 1 is 1.10 bits per heavy atom. The molecule has 1 amide bonds. The minimum atomic E-state index is -2.99. The molecule has 4 rings (SSSR count). The van der Waals surface area contributed by atoms with Crippen molar-refractivity contribution in [3.63, 3.8) is 0 Å². The Morgan fingerprint density at radius 3 is 2.71 bits per heavy atom. The standard InChI is InChI=1S/C23H19F2N3O3/c1-30-21-11-16(9-10-20(21)31-23(24)25)22(29)27-18-12-26-28(14-18)13-17-7-4-6-15-5-2-3-8-19(15)17/h2-12,14,23H,13H2,1H3,(H,27,29). The van der Waals surface area contributed by atoms with Crippen LogP contribution in [0.2, 0.25) is 0 Å². The number of halogens is 2. The highest BCUT2D eigenvalue weighted by Crippen LogP contribution is 2.29. The van der Waals surface area contributed by atoms with Gasteiger partial charge in [0.15, 0.2) is 11.5 Å². The minimum Gasteiger partial charge on any atom is -0.493 e. The van der Waals surface area contributed by atoms with Crippen molar-refractivity contribution in [2.45, 2.75) is 13.2 Å². The largest absolute Gasteiger partial charge is 0.493 e. The molecule has 1 heterocycles. The number of fused-ring (bicyclic) bond motifs is 1. The third-order valence-electron chi connectivity index (χ3n) is 4.75. The first kappa shape index (κ1) is 20.3. The molecule has 158 valence electrons. The molecule has 0 atom stereocenters. The van der Waals surface area contributed by atoms with Gasteiger partial charge in [0.1, 0.15) is 0 Å². The molecule has 8 heteroatoms. The second-order valence-electron chi connectivity index (χ2n) is 6.76. The zero-order chi connectivity index (χ0) is 21.8. The molecule has 0 aliphatic carbocycles. The van der Waals surface area contributed by atoms with Gasteiger partial charge >= 0.3 is 6.61 Å². The van der Waals surface area contributed by atoms with Crippen LogP contribution in [0.15, 0.2) is 73.1 Å². The lowest BCUT2D eigenvalue weighted by Gasteiger charge is -2.11. The van der Waals surface area contributed by atoms with Gasteiger partial charge in [-0.15, -0.1) is 0 Å². The molecule has 0 spiro atoms. The quantitative estimate of drug-likeness (QED) is 0.457. The second-order valence-corrected chi connectivity index (χ2v) is 6.76. The number of anilines is 1. The summed E-state index contributed by atoms with van der Waals surface area (Å²) in [6, 6.07) is 18.2. The highest BCUT2D eigenvalue weighted by molar-refractivity contribution is 6.04. The van der Waals surface area contributed by atoms with Crippen molar-refractivity contribution in [2.75, 3.05) is 12.4 Å². The third-order valence-corrected chi connectivity index (χ3v) is 4.75. The molecule has 1 N–H and O–H groups in total. The molecule has 1 aromatic heterocycles. The fourth-order valence-electron chi connectivity index (χ4n) is 3.32. The molecule has 3 aromatic carbocycles. The number of aromatic nitrogens is 2. The number of ether oxygens (including phenoxy) is 2. The van der Waals surface area contributed by atoms with Gasteiger partial charge in [0, 0.05) is 11.8 Å². The van der Waals surface area contributed by atoms with E-state index in [1.54, 1.807) is 17.1 Å². The minimum absolute atomic E-state index is 0.0413. The molecule has 0 saturated heterocycles. The molecule has 0 aliphatic rings. The topological polar surface area (TPSA) is 65.4 Å². The van der Waals surface area contributed by atoms with Gasteiger partial charge in [0.05, 0.1) is 25.5 Å². The maximum Gasteiger partial charge on any atom is 0.387 e. The average Bonchev–Trinajstić information content (AvgIpc) is 3.20. The van der Waals surface area contributed by atoms with Gasteiger partial charge < -0.3 is 14.8 Å². The number of nitrogens with one attached hydrogen (secondary N) is 1. The van der Waals surface area contributed by atoms with Crippen molar-refractivity contribution in [3.8, 4) is 11.5 Å². The van der Waals surface area contributed by atoms with Crippen molar-refractivity contribution >= 4 is 22.4 Å². The van der Waals surface area contributed by atoms with Crippen LogP contribution >= 0.6 is 0 Å². The summed E-state index contributed by atoms with van der Waals surface area (Å²) in [5.41, 5.74) is 1.86. The fourth-order valence-corrected chi connectivity index (χ4v) is 3.32. The van der Waals surface area contributed by atoms with Crippen LogP contribution in [0, 0.1) is 0 Å². The predicted octanol–water partition coefficient (Wildman–Crippen LogP) is 4.95. The predicted molar refractivity (Wildman–Crippen MR) is 113 cm³/mol. The van der Waals surface area contributed by atoms with Crippen LogP contribution in [0.4, 0.5) is 14.5 Å². The van der Waals surface area contributed by atoms with E-state index >= 15 is 0 Å². The molecule has 0 radical (unpaired) electrons. The van der Waals surface area contributed by atoms with Gasteiger partial charge in [-0.3, -0.25) is 9.48 Å². The lowest BCUT2D eigenvalue weighted by atomic mass is 10.0. The molecular weight excluding hydrogens is 404 g/mol. The van der Waals surface area contributed by atoms with E-state index in [0.29, 0.717) is 12.2 Å². The number of hydrogen-bond donors (Lipinski definition) is 1. The first-order chi connectivity index (χ1) is 15.0. The number of carbonyl (C=O) groups excluding carboxylic acids is 1. The number of hydrogen-bond acceptors (Lipinski definition) is 4. The van der Waals surface area contributed by atoms with E-state index in [4.69, 9.17) is 4.74 Å². The van der Waals surface area contributed by atoms with Crippen LogP contribution in [0.3, 0.4) is 0 Å². The summed E-state index contributed by atoms with van der Waals surface area (Å²) in [7, 11) is 1.31. The highest BCUT2D eigenvalue weighted by Gasteiger charge is 2.15. The Morgan fingerprint density at radius 2 is 1.90 bits per heavy atom. The van der Waals surface area contributed by atoms with Gasteiger partial charge in [-0.2, -0.15) is 13.9 Å². The van der Waals surface area contributed by atoms with Crippen LogP contribution in [-0.2, 0) is 6.54 Å². The smallest absolute Gasteiger partial charge is 0.387 e. The molecular formula is C23H19F2N3O3. The molecule has 0 unspecified atom stereocenters. The van der Waals surface area contributed by atoms with Gasteiger partial charge in [0.2, 0.25) is 0 Å². The molecule has 0 aliphatic heterocycles. The maximum atomic E-state index is 12.6. The van der Waals surface area contributed by atoms with Crippen molar-refractivity contribution in [2.24, 2.45) is 0 Å². The molecule has 31 heavy (non-hydrogen) atoms. The lowest BCUT2D eigenvalue weighted by Crippen LogP contribution is -2.12. The first-order valence-corrected chi connectivity index (χ1v) is 9.47. The monoisotopic (exact) mass is 423 g/mol. The molecule has 0 saturated carbocycles. The number of nitrogens with zero attached hydrogens (tertiary/aromatic N) is 2. The van der Waals surface area contributed by atoms with Gasteiger partial charge in [0.25, 0.3) is 5.91 Å². The van der Waals surface area contributed by atoms with E-state index in [-0.39, 0.29) is 17.1 Å². The molecule has 0 fully saturated rings. The average molecular weight is 423 g/mol. The van der Waals surface area contributed by atoms with Crippen molar-refractivity contribution in [1.82, 2.24) is 9.78 Å². The SMILES string of the molecule is COc1cc(C(=O)Nc2cnn(Cc3cccc4ccccc34)c2)ccc1OC(F)F. The summed E-state index contributed by atoms with van der Waals surface area (Å²) in [6.45, 7) is -2.44. The number of amides is 1. The Bertz CT molecular complexity index is 1220. The van der Waals surface area contributed by atoms with Gasteiger partial charge in [-0.1, -0.05) is 42.5 Å². The number of alkyl halides is 2. The summed E-state index contributed by atoms with van der Waals surface area (Å²) in [5, 5.41) is 9.36. The molecule has 6 nitrogen and oxygen atoms in total. The number of rotatable bonds is 7. The van der Waals surface area contributed by atoms with E-state index < -0.39 is 12.5 Å².